The van der Waals surface area contributed by atoms with Gasteiger partial charge in [-0.15, -0.1) is 0 Å². The summed E-state index contributed by atoms with van der Waals surface area (Å²) in [7, 11) is -13.9. The van der Waals surface area contributed by atoms with Crippen molar-refractivity contribution in [1.82, 2.24) is 0 Å². The first-order valence-electron chi connectivity index (χ1n) is 2.35. The molecule has 0 spiro atoms. The second-order valence-electron chi connectivity index (χ2n) is 1.54. The Bertz CT molecular complexity index is 211. The fraction of sp³-hybridized carbons (Fsp3) is 0. The van der Waals surface area contributed by atoms with E-state index in [4.69, 9.17) is 57.7 Å². The molecular formula is H13Li4O12P3. The molecule has 0 saturated carbocycles. The van der Waals surface area contributed by atoms with Crippen LogP contribution in [0.1, 0.15) is 0 Å². The van der Waals surface area contributed by atoms with Crippen molar-refractivity contribution in [3.63, 3.8) is 0 Å². The Morgan fingerprint density at radius 3 is 0.368 bits per heavy atom. The predicted molar refractivity (Wildman–Crippen MR) is 71.4 cm³/mol. The van der Waals surface area contributed by atoms with Crippen LogP contribution in [0.3, 0.4) is 0 Å². The van der Waals surface area contributed by atoms with E-state index in [1.54, 1.807) is 0 Å². The molecule has 19 heavy (non-hydrogen) atoms. The summed E-state index contributed by atoms with van der Waals surface area (Å²) in [4.78, 5) is 64.7. The first kappa shape index (κ1) is 43.0. The van der Waals surface area contributed by atoms with Crippen molar-refractivity contribution in [3.05, 3.63) is 0 Å². The molecule has 0 bridgehead atoms. The first-order valence-corrected chi connectivity index (χ1v) is 7.04. The van der Waals surface area contributed by atoms with E-state index in [1.165, 1.54) is 0 Å². The Balaban J connectivity index is -0.0000000206. The minimum atomic E-state index is -4.64. The van der Waals surface area contributed by atoms with Gasteiger partial charge in [0.25, 0.3) is 0 Å². The Morgan fingerprint density at radius 2 is 0.368 bits per heavy atom. The number of hydrogen-bond donors (Lipinski definition) is 9. The van der Waals surface area contributed by atoms with Crippen LogP contribution in [0, 0.1) is 0 Å². The summed E-state index contributed by atoms with van der Waals surface area (Å²) in [6, 6.07) is 0. The van der Waals surface area contributed by atoms with Crippen LogP contribution in [0.25, 0.3) is 0 Å². The van der Waals surface area contributed by atoms with Crippen molar-refractivity contribution >= 4 is 98.9 Å². The van der Waals surface area contributed by atoms with Gasteiger partial charge in [0.2, 0.25) is 0 Å². The summed E-state index contributed by atoms with van der Waals surface area (Å²) in [6.45, 7) is 0. The molecule has 0 aromatic carbocycles. The molecule has 0 heterocycles. The molecule has 0 aliphatic heterocycles. The van der Waals surface area contributed by atoms with Gasteiger partial charge in [0, 0.05) is 0 Å². The van der Waals surface area contributed by atoms with Gasteiger partial charge in [-0.1, -0.05) is 0 Å². The molecule has 0 aliphatic carbocycles. The van der Waals surface area contributed by atoms with Crippen molar-refractivity contribution in [3.8, 4) is 0 Å². The van der Waals surface area contributed by atoms with Gasteiger partial charge in [0.1, 0.15) is 0 Å². The third kappa shape index (κ3) is 982. The zero-order valence-corrected chi connectivity index (χ0v) is 9.27. The zero-order chi connectivity index (χ0) is 13.5. The van der Waals surface area contributed by atoms with E-state index in [0.29, 0.717) is 0 Å². The van der Waals surface area contributed by atoms with E-state index in [-0.39, 0.29) is 75.4 Å². The molecule has 0 rings (SSSR count). The zero-order valence-electron chi connectivity index (χ0n) is 6.59. The van der Waals surface area contributed by atoms with Gasteiger partial charge in [-0.05, 0) is 0 Å². The van der Waals surface area contributed by atoms with Crippen molar-refractivity contribution in [2.24, 2.45) is 0 Å². The number of rotatable bonds is 0. The van der Waals surface area contributed by atoms with Gasteiger partial charge in [0.05, 0.1) is 0 Å². The maximum atomic E-state index is 8.88. The topological polar surface area (TPSA) is 233 Å². The molecule has 0 radical (unpaired) electrons. The van der Waals surface area contributed by atoms with E-state index in [0.717, 1.165) is 0 Å². The van der Waals surface area contributed by atoms with E-state index in [1.807, 2.05) is 0 Å². The normalized spacial score (nSPS) is 9.32. The summed E-state index contributed by atoms with van der Waals surface area (Å²) in [5.74, 6) is 0. The van der Waals surface area contributed by atoms with Gasteiger partial charge >= 0.3 is 98.9 Å². The molecule has 0 aromatic rings. The van der Waals surface area contributed by atoms with Crippen LogP contribution in [0.4, 0.5) is 0 Å². The van der Waals surface area contributed by atoms with Crippen molar-refractivity contribution in [2.45, 2.75) is 0 Å². The van der Waals surface area contributed by atoms with Crippen LogP contribution in [0.15, 0.2) is 0 Å². The third-order valence-electron chi connectivity index (χ3n) is 0. The predicted octanol–water partition coefficient (Wildman–Crippen LogP) is -5.38. The molecule has 0 atom stereocenters. The Kier molecular flexibility index (Phi) is 42.5. The molecule has 9 N–H and O–H groups in total. The molecule has 104 valence electrons. The SMILES string of the molecule is O=P(O)(O)O.O=P(O)(O)O.O=P(O)(O)O.[LiH].[LiH].[LiH].[LiH]. The van der Waals surface area contributed by atoms with Crippen LogP contribution in [0.5, 0.6) is 0 Å². The van der Waals surface area contributed by atoms with Gasteiger partial charge in [-0.3, -0.25) is 0 Å². The minimum absolute atomic E-state index is 0. The van der Waals surface area contributed by atoms with Gasteiger partial charge < -0.3 is 44.0 Å². The van der Waals surface area contributed by atoms with E-state index >= 15 is 0 Å². The van der Waals surface area contributed by atoms with Crippen molar-refractivity contribution < 1.29 is 57.7 Å². The molecule has 12 nitrogen and oxygen atoms in total. The fourth-order valence-corrected chi connectivity index (χ4v) is 0. The summed E-state index contributed by atoms with van der Waals surface area (Å²) < 4.78 is 26.6. The molecule has 0 fully saturated rings. The number of hydrogen-bond acceptors (Lipinski definition) is 3. The quantitative estimate of drug-likeness (QED) is 0.150. The van der Waals surface area contributed by atoms with Crippen LogP contribution in [-0.4, -0.2) is 119 Å². The van der Waals surface area contributed by atoms with Crippen LogP contribution < -0.4 is 0 Å². The number of phosphoric acid groups is 3. The van der Waals surface area contributed by atoms with Crippen LogP contribution in [-0.2, 0) is 13.7 Å². The Hall–Kier alpha value is 2.72. The van der Waals surface area contributed by atoms with Gasteiger partial charge in [-0.2, -0.15) is 0 Å². The summed E-state index contributed by atoms with van der Waals surface area (Å²) in [5, 5.41) is 0. The summed E-state index contributed by atoms with van der Waals surface area (Å²) in [6.07, 6.45) is 0. The second kappa shape index (κ2) is 18.8. The van der Waals surface area contributed by atoms with Gasteiger partial charge in [-0.25, -0.2) is 13.7 Å². The first-order chi connectivity index (χ1) is 6.00. The Labute approximate surface area is 155 Å². The van der Waals surface area contributed by atoms with E-state index in [2.05, 4.69) is 0 Å². The molecule has 19 heteroatoms. The van der Waals surface area contributed by atoms with Crippen molar-refractivity contribution in [1.29, 1.82) is 0 Å². The van der Waals surface area contributed by atoms with Crippen molar-refractivity contribution in [2.75, 3.05) is 0 Å². The maximum absolute atomic E-state index is 8.88. The molecule has 0 aromatic heterocycles. The monoisotopic (exact) mass is 326 g/mol. The van der Waals surface area contributed by atoms with E-state index < -0.39 is 23.5 Å². The second-order valence-corrected chi connectivity index (χ2v) is 4.62. The summed E-state index contributed by atoms with van der Waals surface area (Å²) >= 11 is 0. The van der Waals surface area contributed by atoms with Gasteiger partial charge in [0.15, 0.2) is 0 Å². The molecule has 0 saturated heterocycles. The van der Waals surface area contributed by atoms with Crippen LogP contribution in [0.2, 0.25) is 0 Å². The molecule has 0 unspecified atom stereocenters. The molecular weight excluding hydrogens is 313 g/mol. The average molecular weight is 326 g/mol. The third-order valence-corrected chi connectivity index (χ3v) is 0. The van der Waals surface area contributed by atoms with E-state index in [9.17, 15) is 0 Å². The Morgan fingerprint density at radius 1 is 0.368 bits per heavy atom. The standard InChI is InChI=1S/4Li.3H3O4P.4H/c;;;;3*1-5(2,3)4;;;;/h;;;;3*(H3,1,2,3,4);;;;. The van der Waals surface area contributed by atoms with Crippen LogP contribution >= 0.6 is 23.5 Å². The fourth-order valence-electron chi connectivity index (χ4n) is 0. The molecule has 0 amide bonds. The average Bonchev–Trinajstić information content (AvgIpc) is 1.41. The molecule has 0 aliphatic rings. The summed E-state index contributed by atoms with van der Waals surface area (Å²) in [5.41, 5.74) is 0.